The van der Waals surface area contributed by atoms with Crippen LogP contribution in [0.2, 0.25) is 0 Å². The number of hydrogen-bond acceptors (Lipinski definition) is 4. The largest absolute Gasteiger partial charge is 0.444 e. The molecule has 0 aromatic heterocycles. The number of amides is 1. The minimum Gasteiger partial charge on any atom is -0.444 e. The maximum atomic E-state index is 12.1. The van der Waals surface area contributed by atoms with Crippen LogP contribution >= 0.6 is 0 Å². The highest BCUT2D eigenvalue weighted by Gasteiger charge is 2.26. The molecule has 26 heavy (non-hydrogen) atoms. The lowest BCUT2D eigenvalue weighted by Gasteiger charge is -2.33. The van der Waals surface area contributed by atoms with E-state index in [1.807, 2.05) is 32.6 Å². The summed E-state index contributed by atoms with van der Waals surface area (Å²) in [4.78, 5) is 18.2. The van der Waals surface area contributed by atoms with Gasteiger partial charge < -0.3 is 25.0 Å². The van der Waals surface area contributed by atoms with E-state index in [-0.39, 0.29) is 6.09 Å². The minimum atomic E-state index is -0.434. The van der Waals surface area contributed by atoms with Crippen molar-refractivity contribution in [2.75, 3.05) is 46.4 Å². The first-order valence-corrected chi connectivity index (χ1v) is 9.86. The van der Waals surface area contributed by atoms with Crippen LogP contribution in [0.1, 0.15) is 53.4 Å². The molecule has 152 valence electrons. The Morgan fingerprint density at radius 1 is 1.19 bits per heavy atom. The molecule has 0 saturated carbocycles. The third kappa shape index (κ3) is 9.85. The third-order valence-corrected chi connectivity index (χ3v) is 4.26. The van der Waals surface area contributed by atoms with Crippen molar-refractivity contribution in [1.29, 1.82) is 0 Å². The van der Waals surface area contributed by atoms with Crippen molar-refractivity contribution in [1.82, 2.24) is 15.5 Å². The highest BCUT2D eigenvalue weighted by atomic mass is 16.6. The number of unbranched alkanes of at least 4 members (excludes halogenated alkanes) is 1. The van der Waals surface area contributed by atoms with Gasteiger partial charge in [0.1, 0.15) is 5.60 Å². The van der Waals surface area contributed by atoms with Crippen molar-refractivity contribution in [3.8, 4) is 0 Å². The zero-order valence-corrected chi connectivity index (χ0v) is 17.3. The topological polar surface area (TPSA) is 75.2 Å². The molecule has 2 N–H and O–H groups in total. The van der Waals surface area contributed by atoms with Crippen molar-refractivity contribution in [2.45, 2.75) is 59.0 Å². The number of carbonyl (C=O) groups is 1. The maximum Gasteiger partial charge on any atom is 0.410 e. The van der Waals surface area contributed by atoms with Crippen LogP contribution in [-0.2, 0) is 9.47 Å². The van der Waals surface area contributed by atoms with Gasteiger partial charge in [-0.1, -0.05) is 0 Å². The van der Waals surface area contributed by atoms with Gasteiger partial charge in [0, 0.05) is 46.4 Å². The average Bonchev–Trinajstić information content (AvgIpc) is 2.59. The number of likely N-dealkylation sites (tertiary alicyclic amines) is 1. The van der Waals surface area contributed by atoms with E-state index in [1.54, 1.807) is 7.05 Å². The molecule has 0 bridgehead atoms. The summed E-state index contributed by atoms with van der Waals surface area (Å²) in [6.07, 6.45) is 3.89. The van der Waals surface area contributed by atoms with E-state index in [4.69, 9.17) is 9.47 Å². The van der Waals surface area contributed by atoms with Gasteiger partial charge in [-0.2, -0.15) is 0 Å². The molecule has 0 aliphatic carbocycles. The Morgan fingerprint density at radius 3 is 2.46 bits per heavy atom. The number of nitrogens with one attached hydrogen (secondary N) is 2. The van der Waals surface area contributed by atoms with E-state index in [0.717, 1.165) is 71.0 Å². The predicted octanol–water partition coefficient (Wildman–Crippen LogP) is 2.62. The van der Waals surface area contributed by atoms with Gasteiger partial charge in [-0.25, -0.2) is 4.79 Å². The Kier molecular flexibility index (Phi) is 10.4. The molecule has 1 aliphatic heterocycles. The summed E-state index contributed by atoms with van der Waals surface area (Å²) in [6.45, 7) is 12.6. The summed E-state index contributed by atoms with van der Waals surface area (Å²) in [5, 5.41) is 6.73. The van der Waals surface area contributed by atoms with Gasteiger partial charge in [-0.3, -0.25) is 4.99 Å². The quantitative estimate of drug-likeness (QED) is 0.390. The molecule has 1 heterocycles. The number of piperidine rings is 1. The molecule has 1 amide bonds. The molecule has 1 saturated heterocycles. The Bertz CT molecular complexity index is 427. The van der Waals surface area contributed by atoms with Gasteiger partial charge in [0.15, 0.2) is 5.96 Å². The minimum absolute atomic E-state index is 0.201. The van der Waals surface area contributed by atoms with E-state index in [0.29, 0.717) is 5.92 Å². The first kappa shape index (κ1) is 22.5. The Morgan fingerprint density at radius 2 is 1.88 bits per heavy atom. The third-order valence-electron chi connectivity index (χ3n) is 4.26. The van der Waals surface area contributed by atoms with Gasteiger partial charge in [-0.15, -0.1) is 0 Å². The highest BCUT2D eigenvalue weighted by molar-refractivity contribution is 5.79. The van der Waals surface area contributed by atoms with Crippen LogP contribution in [0.5, 0.6) is 0 Å². The lowest BCUT2D eigenvalue weighted by Crippen LogP contribution is -2.45. The number of guanidine groups is 1. The fraction of sp³-hybridized carbons (Fsp3) is 0.895. The summed E-state index contributed by atoms with van der Waals surface area (Å²) in [6, 6.07) is 0. The van der Waals surface area contributed by atoms with Gasteiger partial charge in [0.05, 0.1) is 0 Å². The number of aliphatic imine (C=N–C) groups is 1. The molecule has 7 nitrogen and oxygen atoms in total. The highest BCUT2D eigenvalue weighted by Crippen LogP contribution is 2.19. The molecular formula is C19H38N4O3. The summed E-state index contributed by atoms with van der Waals surface area (Å²) in [5.41, 5.74) is -0.434. The number of hydrogen-bond donors (Lipinski definition) is 2. The van der Waals surface area contributed by atoms with E-state index in [1.165, 1.54) is 0 Å². The molecule has 0 aromatic carbocycles. The summed E-state index contributed by atoms with van der Waals surface area (Å²) in [5.74, 6) is 1.39. The zero-order valence-electron chi connectivity index (χ0n) is 17.3. The Labute approximate surface area is 158 Å². The van der Waals surface area contributed by atoms with Crippen LogP contribution in [0.25, 0.3) is 0 Å². The second kappa shape index (κ2) is 12.0. The van der Waals surface area contributed by atoms with Crippen LogP contribution in [0.3, 0.4) is 0 Å². The van der Waals surface area contributed by atoms with E-state index >= 15 is 0 Å². The van der Waals surface area contributed by atoms with E-state index in [2.05, 4.69) is 15.6 Å². The van der Waals surface area contributed by atoms with E-state index < -0.39 is 5.60 Å². The Balaban J connectivity index is 2.18. The zero-order chi connectivity index (χ0) is 19.4. The Hall–Kier alpha value is -1.50. The van der Waals surface area contributed by atoms with E-state index in [9.17, 15) is 4.79 Å². The summed E-state index contributed by atoms with van der Waals surface area (Å²) < 4.78 is 10.8. The van der Waals surface area contributed by atoms with Crippen LogP contribution in [-0.4, -0.2) is 69.0 Å². The summed E-state index contributed by atoms with van der Waals surface area (Å²) >= 11 is 0. The van der Waals surface area contributed by atoms with Crippen LogP contribution < -0.4 is 10.6 Å². The predicted molar refractivity (Wildman–Crippen MR) is 106 cm³/mol. The lowest BCUT2D eigenvalue weighted by molar-refractivity contribution is 0.0185. The van der Waals surface area contributed by atoms with Gasteiger partial charge >= 0.3 is 6.09 Å². The van der Waals surface area contributed by atoms with Crippen molar-refractivity contribution in [3.05, 3.63) is 0 Å². The van der Waals surface area contributed by atoms with Crippen molar-refractivity contribution in [2.24, 2.45) is 10.9 Å². The first-order valence-electron chi connectivity index (χ1n) is 9.86. The van der Waals surface area contributed by atoms with Crippen LogP contribution in [0, 0.1) is 5.92 Å². The normalized spacial score (nSPS) is 16.5. The number of nitrogens with zero attached hydrogens (tertiary/aromatic N) is 2. The van der Waals surface area contributed by atoms with Gasteiger partial charge in [-0.05, 0) is 59.3 Å². The second-order valence-corrected chi connectivity index (χ2v) is 7.69. The first-order chi connectivity index (χ1) is 12.4. The standard InChI is InChI=1S/C19H38N4O3/c1-6-25-14-8-7-11-21-17(20-5)22-15-16-9-12-23(13-10-16)18(24)26-19(2,3)4/h16H,6-15H2,1-5H3,(H2,20,21,22). The molecule has 0 radical (unpaired) electrons. The molecule has 0 spiro atoms. The SMILES string of the molecule is CCOCCCCNC(=NC)NCC1CCN(C(=O)OC(C)(C)C)CC1. The monoisotopic (exact) mass is 370 g/mol. The molecule has 0 atom stereocenters. The number of carbonyl (C=O) groups excluding carboxylic acids is 1. The van der Waals surface area contributed by atoms with Crippen LogP contribution in [0.4, 0.5) is 4.79 Å². The smallest absolute Gasteiger partial charge is 0.410 e. The number of rotatable bonds is 8. The lowest BCUT2D eigenvalue weighted by atomic mass is 9.97. The summed E-state index contributed by atoms with van der Waals surface area (Å²) in [7, 11) is 1.79. The van der Waals surface area contributed by atoms with Crippen molar-refractivity contribution < 1.29 is 14.3 Å². The molecule has 7 heteroatoms. The maximum absolute atomic E-state index is 12.1. The molecule has 1 aliphatic rings. The molecule has 0 aromatic rings. The van der Waals surface area contributed by atoms with Gasteiger partial charge in [0.2, 0.25) is 0 Å². The van der Waals surface area contributed by atoms with Crippen LogP contribution in [0.15, 0.2) is 4.99 Å². The number of ether oxygens (including phenoxy) is 2. The fourth-order valence-electron chi connectivity index (χ4n) is 2.79. The average molecular weight is 371 g/mol. The fourth-order valence-corrected chi connectivity index (χ4v) is 2.79. The molecule has 1 fully saturated rings. The molecule has 1 rings (SSSR count). The van der Waals surface area contributed by atoms with Crippen molar-refractivity contribution in [3.63, 3.8) is 0 Å². The molecule has 0 unspecified atom stereocenters. The molecular weight excluding hydrogens is 332 g/mol. The van der Waals surface area contributed by atoms with Crippen molar-refractivity contribution >= 4 is 12.1 Å². The van der Waals surface area contributed by atoms with Gasteiger partial charge in [0.25, 0.3) is 0 Å². The second-order valence-electron chi connectivity index (χ2n) is 7.69.